The molecule has 0 fully saturated rings. The number of hydrogen-bond acceptors (Lipinski definition) is 6. The molecule has 0 aliphatic carbocycles. The number of pyridine rings is 2. The van der Waals surface area contributed by atoms with E-state index in [0.717, 1.165) is 6.20 Å². The third-order valence-electron chi connectivity index (χ3n) is 2.19. The molecule has 2 heterocycles. The second-order valence-corrected chi connectivity index (χ2v) is 3.38. The van der Waals surface area contributed by atoms with Crippen molar-refractivity contribution in [2.24, 2.45) is 0 Å². The van der Waals surface area contributed by atoms with Gasteiger partial charge in [-0.3, -0.25) is 20.1 Å². The van der Waals surface area contributed by atoms with Crippen LogP contribution < -0.4 is 4.74 Å². The molecule has 0 aliphatic rings. The SMILES string of the molecule is O=C(O)c1ccncc1Oc1ccncc1[N+](=O)[O-]. The topological polar surface area (TPSA) is 115 Å². The molecule has 8 nitrogen and oxygen atoms in total. The molecule has 2 rings (SSSR count). The zero-order valence-electron chi connectivity index (χ0n) is 9.39. The molecule has 0 unspecified atom stereocenters. The highest BCUT2D eigenvalue weighted by Crippen LogP contribution is 2.31. The summed E-state index contributed by atoms with van der Waals surface area (Å²) in [6, 6.07) is 2.52. The third kappa shape index (κ3) is 2.63. The van der Waals surface area contributed by atoms with E-state index < -0.39 is 10.9 Å². The van der Waals surface area contributed by atoms with Crippen LogP contribution in [0.4, 0.5) is 5.69 Å². The van der Waals surface area contributed by atoms with Gasteiger partial charge in [0, 0.05) is 18.5 Å². The van der Waals surface area contributed by atoms with Crippen LogP contribution in [0.1, 0.15) is 10.4 Å². The number of aromatic nitrogens is 2. The number of carboxylic acid groups (broad SMARTS) is 1. The van der Waals surface area contributed by atoms with Crippen molar-refractivity contribution in [2.75, 3.05) is 0 Å². The van der Waals surface area contributed by atoms with E-state index in [1.54, 1.807) is 0 Å². The Morgan fingerprint density at radius 1 is 1.21 bits per heavy atom. The Labute approximate surface area is 106 Å². The Morgan fingerprint density at radius 3 is 2.58 bits per heavy atom. The zero-order chi connectivity index (χ0) is 13.8. The maximum absolute atomic E-state index is 11.0. The summed E-state index contributed by atoms with van der Waals surface area (Å²) >= 11 is 0. The highest BCUT2D eigenvalue weighted by Gasteiger charge is 2.18. The van der Waals surface area contributed by atoms with Crippen LogP contribution in [-0.4, -0.2) is 26.0 Å². The van der Waals surface area contributed by atoms with Crippen LogP contribution in [0, 0.1) is 10.1 Å². The van der Waals surface area contributed by atoms with Crippen molar-refractivity contribution in [2.45, 2.75) is 0 Å². The van der Waals surface area contributed by atoms with Gasteiger partial charge >= 0.3 is 11.7 Å². The largest absolute Gasteiger partial charge is 0.478 e. The molecule has 1 N–H and O–H groups in total. The summed E-state index contributed by atoms with van der Waals surface area (Å²) in [7, 11) is 0. The number of nitrogens with zero attached hydrogens (tertiary/aromatic N) is 3. The van der Waals surface area contributed by atoms with Gasteiger partial charge in [-0.05, 0) is 6.07 Å². The monoisotopic (exact) mass is 261 g/mol. The summed E-state index contributed by atoms with van der Waals surface area (Å²) in [4.78, 5) is 28.4. The van der Waals surface area contributed by atoms with Gasteiger partial charge < -0.3 is 9.84 Å². The summed E-state index contributed by atoms with van der Waals surface area (Å²) < 4.78 is 5.24. The summed E-state index contributed by atoms with van der Waals surface area (Å²) in [6.07, 6.45) is 4.79. The Bertz CT molecular complexity index is 588. The minimum absolute atomic E-state index is 0.0794. The second kappa shape index (κ2) is 5.08. The smallest absolute Gasteiger partial charge is 0.339 e. The van der Waals surface area contributed by atoms with Crippen LogP contribution in [0.3, 0.4) is 0 Å². The lowest BCUT2D eigenvalue weighted by Crippen LogP contribution is -2.01. The van der Waals surface area contributed by atoms with Crippen LogP contribution >= 0.6 is 0 Å². The van der Waals surface area contributed by atoms with E-state index in [1.165, 1.54) is 30.7 Å². The summed E-state index contributed by atoms with van der Waals surface area (Å²) in [5, 5.41) is 19.8. The summed E-state index contributed by atoms with van der Waals surface area (Å²) in [5.41, 5.74) is -0.496. The highest BCUT2D eigenvalue weighted by atomic mass is 16.6. The van der Waals surface area contributed by atoms with Crippen molar-refractivity contribution in [3.05, 3.63) is 52.6 Å². The minimum atomic E-state index is -1.21. The van der Waals surface area contributed by atoms with Crippen molar-refractivity contribution >= 4 is 11.7 Å². The van der Waals surface area contributed by atoms with E-state index >= 15 is 0 Å². The van der Waals surface area contributed by atoms with Gasteiger partial charge in [0.2, 0.25) is 5.75 Å². The van der Waals surface area contributed by atoms with Crippen molar-refractivity contribution in [1.82, 2.24) is 9.97 Å². The van der Waals surface area contributed by atoms with Gasteiger partial charge in [0.25, 0.3) is 0 Å². The van der Waals surface area contributed by atoms with Crippen molar-refractivity contribution in [3.63, 3.8) is 0 Å². The van der Waals surface area contributed by atoms with E-state index in [-0.39, 0.29) is 22.7 Å². The van der Waals surface area contributed by atoms with Crippen molar-refractivity contribution in [1.29, 1.82) is 0 Å². The van der Waals surface area contributed by atoms with Gasteiger partial charge in [-0.15, -0.1) is 0 Å². The van der Waals surface area contributed by atoms with E-state index in [4.69, 9.17) is 9.84 Å². The molecule has 8 heteroatoms. The fourth-order valence-electron chi connectivity index (χ4n) is 1.35. The number of ether oxygens (including phenoxy) is 1. The quantitative estimate of drug-likeness (QED) is 0.659. The number of carbonyl (C=O) groups is 1. The first kappa shape index (κ1) is 12.4. The number of aromatic carboxylic acids is 1. The van der Waals surface area contributed by atoms with Gasteiger partial charge in [0.05, 0.1) is 11.1 Å². The molecule has 0 saturated heterocycles. The molecular weight excluding hydrogens is 254 g/mol. The van der Waals surface area contributed by atoms with E-state index in [9.17, 15) is 14.9 Å². The van der Waals surface area contributed by atoms with Gasteiger partial charge in [0.15, 0.2) is 5.75 Å². The Kier molecular flexibility index (Phi) is 3.33. The standard InChI is InChI=1S/C11H7N3O5/c15-11(16)7-1-3-13-6-10(7)19-9-2-4-12-5-8(9)14(17)18/h1-6H,(H,15,16). The van der Waals surface area contributed by atoms with Crippen molar-refractivity contribution < 1.29 is 19.6 Å². The molecule has 0 atom stereocenters. The lowest BCUT2D eigenvalue weighted by molar-refractivity contribution is -0.386. The molecule has 2 aromatic rings. The van der Waals surface area contributed by atoms with E-state index in [1.807, 2.05) is 0 Å². The third-order valence-corrected chi connectivity index (χ3v) is 2.19. The van der Waals surface area contributed by atoms with Gasteiger partial charge in [-0.1, -0.05) is 0 Å². The molecule has 0 aliphatic heterocycles. The molecular formula is C11H7N3O5. The number of carboxylic acids is 1. The second-order valence-electron chi connectivity index (χ2n) is 3.38. The first-order chi connectivity index (χ1) is 9.09. The Morgan fingerprint density at radius 2 is 1.89 bits per heavy atom. The average molecular weight is 261 g/mol. The molecule has 96 valence electrons. The summed E-state index contributed by atoms with van der Waals surface area (Å²) in [6.45, 7) is 0. The number of rotatable bonds is 4. The van der Waals surface area contributed by atoms with Crippen LogP contribution in [0.15, 0.2) is 36.9 Å². The average Bonchev–Trinajstić information content (AvgIpc) is 2.39. The predicted octanol–water partition coefficient (Wildman–Crippen LogP) is 1.88. The zero-order valence-corrected chi connectivity index (χ0v) is 9.39. The maximum atomic E-state index is 11.0. The number of hydrogen-bond donors (Lipinski definition) is 1. The first-order valence-electron chi connectivity index (χ1n) is 5.03. The van der Waals surface area contributed by atoms with E-state index in [0.29, 0.717) is 0 Å². The van der Waals surface area contributed by atoms with Crippen LogP contribution in [0.2, 0.25) is 0 Å². The van der Waals surface area contributed by atoms with Gasteiger partial charge in [0.1, 0.15) is 11.8 Å². The molecule has 0 aromatic carbocycles. The molecule has 0 amide bonds. The fourth-order valence-corrected chi connectivity index (χ4v) is 1.35. The highest BCUT2D eigenvalue weighted by molar-refractivity contribution is 5.90. The maximum Gasteiger partial charge on any atom is 0.339 e. The molecule has 19 heavy (non-hydrogen) atoms. The molecule has 2 aromatic heterocycles. The molecule has 0 radical (unpaired) electrons. The van der Waals surface area contributed by atoms with Crippen LogP contribution in [0.5, 0.6) is 11.5 Å². The molecule has 0 bridgehead atoms. The van der Waals surface area contributed by atoms with Gasteiger partial charge in [-0.2, -0.15) is 0 Å². The van der Waals surface area contributed by atoms with Crippen LogP contribution in [0.25, 0.3) is 0 Å². The minimum Gasteiger partial charge on any atom is -0.478 e. The Hall–Kier alpha value is -3.03. The van der Waals surface area contributed by atoms with Crippen LogP contribution in [-0.2, 0) is 0 Å². The predicted molar refractivity (Wildman–Crippen MR) is 62.2 cm³/mol. The fraction of sp³-hybridized carbons (Fsp3) is 0. The summed E-state index contributed by atoms with van der Waals surface area (Å²) in [5.74, 6) is -1.39. The Balaban J connectivity index is 2.42. The lowest BCUT2D eigenvalue weighted by atomic mass is 10.2. The molecule has 0 spiro atoms. The van der Waals surface area contributed by atoms with Gasteiger partial charge in [-0.25, -0.2) is 4.79 Å². The first-order valence-corrected chi connectivity index (χ1v) is 5.03. The normalized spacial score (nSPS) is 9.89. The number of nitro groups is 1. The molecule has 0 saturated carbocycles. The van der Waals surface area contributed by atoms with E-state index in [2.05, 4.69) is 9.97 Å². The van der Waals surface area contributed by atoms with Crippen molar-refractivity contribution in [3.8, 4) is 11.5 Å². The lowest BCUT2D eigenvalue weighted by Gasteiger charge is -2.07.